The summed E-state index contributed by atoms with van der Waals surface area (Å²) in [5.41, 5.74) is 0.120. The minimum atomic E-state index is -0.560. The quantitative estimate of drug-likeness (QED) is 0.682. The van der Waals surface area contributed by atoms with E-state index in [0.717, 1.165) is 12.3 Å². The molecular weight excluding hydrogens is 288 g/mol. The van der Waals surface area contributed by atoms with Crippen LogP contribution in [0.4, 0.5) is 5.13 Å². The van der Waals surface area contributed by atoms with Gasteiger partial charge in [0.2, 0.25) is 0 Å². The zero-order chi connectivity index (χ0) is 15.6. The largest absolute Gasteiger partial charge is 0.464 e. The standard InChI is InChI=1S/C15H22N2O3S/c1-8-5-6-11(9(2)7-8)16-15-17-12(14(19)20-4)13(21-15)10(3)18/h8-9,11H,5-7H2,1-4H3,(H,16,17). The maximum Gasteiger partial charge on any atom is 0.358 e. The minimum absolute atomic E-state index is 0.120. The number of Topliss-reactive ketones (excluding diaryl/α,β-unsaturated/α-hetero) is 1. The van der Waals surface area contributed by atoms with Gasteiger partial charge in [-0.1, -0.05) is 25.2 Å². The number of anilines is 1. The molecule has 1 aromatic rings. The first-order chi connectivity index (χ1) is 9.92. The third-order valence-electron chi connectivity index (χ3n) is 4.07. The number of nitrogens with one attached hydrogen (secondary N) is 1. The van der Waals surface area contributed by atoms with E-state index >= 15 is 0 Å². The van der Waals surface area contributed by atoms with Gasteiger partial charge in [-0.15, -0.1) is 0 Å². The molecule has 1 fully saturated rings. The summed E-state index contributed by atoms with van der Waals surface area (Å²) in [5.74, 6) is 0.592. The van der Waals surface area contributed by atoms with Crippen LogP contribution in [0.1, 0.15) is 60.2 Å². The van der Waals surface area contributed by atoms with Crippen LogP contribution < -0.4 is 5.32 Å². The molecule has 0 amide bonds. The van der Waals surface area contributed by atoms with Crippen molar-refractivity contribution < 1.29 is 14.3 Å². The first-order valence-corrected chi connectivity index (χ1v) is 8.10. The molecule has 3 unspecified atom stereocenters. The zero-order valence-electron chi connectivity index (χ0n) is 12.9. The van der Waals surface area contributed by atoms with Gasteiger partial charge in [-0.25, -0.2) is 9.78 Å². The van der Waals surface area contributed by atoms with E-state index < -0.39 is 5.97 Å². The fraction of sp³-hybridized carbons (Fsp3) is 0.667. The van der Waals surface area contributed by atoms with Crippen LogP contribution in [-0.2, 0) is 4.74 Å². The van der Waals surface area contributed by atoms with Gasteiger partial charge in [-0.2, -0.15) is 0 Å². The van der Waals surface area contributed by atoms with E-state index in [-0.39, 0.29) is 11.5 Å². The fourth-order valence-electron chi connectivity index (χ4n) is 2.89. The van der Waals surface area contributed by atoms with Crippen LogP contribution in [0.25, 0.3) is 0 Å². The molecule has 1 N–H and O–H groups in total. The van der Waals surface area contributed by atoms with E-state index in [1.54, 1.807) is 0 Å². The molecule has 21 heavy (non-hydrogen) atoms. The van der Waals surface area contributed by atoms with Crippen LogP contribution in [0.5, 0.6) is 0 Å². The van der Waals surface area contributed by atoms with Crippen molar-refractivity contribution in [3.05, 3.63) is 10.6 Å². The number of ketones is 1. The van der Waals surface area contributed by atoms with Crippen molar-refractivity contribution in [2.75, 3.05) is 12.4 Å². The highest BCUT2D eigenvalue weighted by atomic mass is 32.1. The Hall–Kier alpha value is -1.43. The molecule has 1 aromatic heterocycles. The molecule has 1 heterocycles. The van der Waals surface area contributed by atoms with E-state index in [1.165, 1.54) is 38.2 Å². The molecule has 1 aliphatic carbocycles. The van der Waals surface area contributed by atoms with Gasteiger partial charge >= 0.3 is 5.97 Å². The molecule has 0 spiro atoms. The first-order valence-electron chi connectivity index (χ1n) is 7.29. The number of methoxy groups -OCH3 is 1. The van der Waals surface area contributed by atoms with Crippen molar-refractivity contribution in [1.82, 2.24) is 4.98 Å². The number of hydrogen-bond acceptors (Lipinski definition) is 6. The lowest BCUT2D eigenvalue weighted by Gasteiger charge is -2.33. The third-order valence-corrected chi connectivity index (χ3v) is 5.15. The van der Waals surface area contributed by atoms with Crippen molar-refractivity contribution in [2.45, 2.75) is 46.1 Å². The van der Waals surface area contributed by atoms with E-state index in [4.69, 9.17) is 4.74 Å². The molecule has 3 atom stereocenters. The van der Waals surface area contributed by atoms with Gasteiger partial charge in [0, 0.05) is 13.0 Å². The number of nitrogens with zero attached hydrogens (tertiary/aromatic N) is 1. The molecule has 2 rings (SSSR count). The molecule has 0 aromatic carbocycles. The lowest BCUT2D eigenvalue weighted by Crippen LogP contribution is -2.32. The molecule has 0 radical (unpaired) electrons. The van der Waals surface area contributed by atoms with Gasteiger partial charge in [0.1, 0.15) is 4.88 Å². The van der Waals surface area contributed by atoms with Crippen LogP contribution in [0.3, 0.4) is 0 Å². The normalized spacial score (nSPS) is 25.4. The van der Waals surface area contributed by atoms with Crippen LogP contribution in [0, 0.1) is 11.8 Å². The molecule has 0 saturated heterocycles. The average molecular weight is 310 g/mol. The van der Waals surface area contributed by atoms with Gasteiger partial charge in [0.25, 0.3) is 0 Å². The lowest BCUT2D eigenvalue weighted by molar-refractivity contribution is 0.0591. The number of thiazole rings is 1. The Morgan fingerprint density at radius 1 is 1.33 bits per heavy atom. The summed E-state index contributed by atoms with van der Waals surface area (Å²) in [4.78, 5) is 28.0. The zero-order valence-corrected chi connectivity index (χ0v) is 13.8. The summed E-state index contributed by atoms with van der Waals surface area (Å²) < 4.78 is 4.69. The van der Waals surface area contributed by atoms with Crippen LogP contribution >= 0.6 is 11.3 Å². The number of carbonyl (C=O) groups excluding carboxylic acids is 2. The third kappa shape index (κ3) is 3.61. The summed E-state index contributed by atoms with van der Waals surface area (Å²) in [6.07, 6.45) is 3.47. The smallest absolute Gasteiger partial charge is 0.358 e. The van der Waals surface area contributed by atoms with Crippen LogP contribution in [0.15, 0.2) is 0 Å². The maximum atomic E-state index is 11.7. The van der Waals surface area contributed by atoms with Crippen molar-refractivity contribution in [3.8, 4) is 0 Å². The summed E-state index contributed by atoms with van der Waals surface area (Å²) >= 11 is 1.24. The molecule has 116 valence electrons. The van der Waals surface area contributed by atoms with E-state index in [9.17, 15) is 9.59 Å². The molecule has 1 aliphatic rings. The number of hydrogen-bond donors (Lipinski definition) is 1. The van der Waals surface area contributed by atoms with E-state index in [0.29, 0.717) is 22.0 Å². The summed E-state index contributed by atoms with van der Waals surface area (Å²) in [6, 6.07) is 0.345. The maximum absolute atomic E-state index is 11.7. The second kappa shape index (κ2) is 6.56. The molecule has 0 aliphatic heterocycles. The Balaban J connectivity index is 2.17. The van der Waals surface area contributed by atoms with Crippen LogP contribution in [0.2, 0.25) is 0 Å². The van der Waals surface area contributed by atoms with E-state index in [1.807, 2.05) is 0 Å². The number of esters is 1. The highest BCUT2D eigenvalue weighted by molar-refractivity contribution is 7.17. The Morgan fingerprint density at radius 3 is 2.62 bits per heavy atom. The second-order valence-electron chi connectivity index (χ2n) is 5.89. The monoisotopic (exact) mass is 310 g/mol. The molecule has 5 nitrogen and oxygen atoms in total. The van der Waals surface area contributed by atoms with Crippen LogP contribution in [-0.4, -0.2) is 29.9 Å². The molecule has 1 saturated carbocycles. The molecule has 6 heteroatoms. The second-order valence-corrected chi connectivity index (χ2v) is 6.89. The minimum Gasteiger partial charge on any atom is -0.464 e. The van der Waals surface area contributed by atoms with E-state index in [2.05, 4.69) is 24.1 Å². The number of aromatic nitrogens is 1. The van der Waals surface area contributed by atoms with Gasteiger partial charge in [-0.3, -0.25) is 4.79 Å². The average Bonchev–Trinajstić information content (AvgIpc) is 2.85. The summed E-state index contributed by atoms with van der Waals surface area (Å²) in [6.45, 7) is 5.95. The predicted molar refractivity (Wildman–Crippen MR) is 83.0 cm³/mol. The number of ether oxygens (including phenoxy) is 1. The Bertz CT molecular complexity index is 541. The lowest BCUT2D eigenvalue weighted by atomic mass is 9.80. The Kier molecular flexibility index (Phi) is 4.98. The Labute approximate surface area is 129 Å². The van der Waals surface area contributed by atoms with Crippen molar-refractivity contribution in [1.29, 1.82) is 0 Å². The summed E-state index contributed by atoms with van der Waals surface area (Å²) in [7, 11) is 1.29. The SMILES string of the molecule is COC(=O)c1nc(NC2CCC(C)CC2C)sc1C(C)=O. The fourth-order valence-corrected chi connectivity index (χ4v) is 3.80. The van der Waals surface area contributed by atoms with Gasteiger partial charge in [-0.05, 0) is 31.1 Å². The van der Waals surface area contributed by atoms with Gasteiger partial charge in [0.05, 0.1) is 7.11 Å². The number of rotatable bonds is 4. The molecule has 0 bridgehead atoms. The van der Waals surface area contributed by atoms with Gasteiger partial charge in [0.15, 0.2) is 16.6 Å². The number of carbonyl (C=O) groups is 2. The summed E-state index contributed by atoms with van der Waals surface area (Å²) in [5, 5.41) is 4.02. The Morgan fingerprint density at radius 2 is 2.05 bits per heavy atom. The highest BCUT2D eigenvalue weighted by Crippen LogP contribution is 2.32. The van der Waals surface area contributed by atoms with Crippen molar-refractivity contribution in [2.24, 2.45) is 11.8 Å². The first kappa shape index (κ1) is 15.9. The topological polar surface area (TPSA) is 68.3 Å². The van der Waals surface area contributed by atoms with Gasteiger partial charge < -0.3 is 10.1 Å². The highest BCUT2D eigenvalue weighted by Gasteiger charge is 2.28. The molecular formula is C15H22N2O3S. The van der Waals surface area contributed by atoms with Crippen molar-refractivity contribution >= 4 is 28.2 Å². The van der Waals surface area contributed by atoms with Crippen molar-refractivity contribution in [3.63, 3.8) is 0 Å². The predicted octanol–water partition coefficient (Wildman–Crippen LogP) is 3.37.